The zero-order chi connectivity index (χ0) is 15.2. The van der Waals surface area contributed by atoms with E-state index in [-0.39, 0.29) is 0 Å². The molecule has 0 aromatic heterocycles. The van der Waals surface area contributed by atoms with E-state index in [1.807, 2.05) is 12.1 Å². The molecular formula is C17H27BrN2O. The van der Waals surface area contributed by atoms with Crippen LogP contribution in [0.15, 0.2) is 22.7 Å². The molecule has 0 bridgehead atoms. The summed E-state index contributed by atoms with van der Waals surface area (Å²) in [5.74, 6) is 0.986. The van der Waals surface area contributed by atoms with Crippen molar-refractivity contribution >= 4 is 15.9 Å². The predicted molar refractivity (Wildman–Crippen MR) is 91.9 cm³/mol. The van der Waals surface area contributed by atoms with Crippen LogP contribution >= 0.6 is 15.9 Å². The molecule has 0 amide bonds. The highest BCUT2D eigenvalue weighted by Crippen LogP contribution is 2.27. The number of halogens is 1. The van der Waals surface area contributed by atoms with Crippen LogP contribution in [0.5, 0.6) is 5.75 Å². The summed E-state index contributed by atoms with van der Waals surface area (Å²) in [6, 6.07) is 7.44. The van der Waals surface area contributed by atoms with Crippen LogP contribution in [0.1, 0.15) is 38.7 Å². The Bertz CT molecular complexity index is 450. The van der Waals surface area contributed by atoms with Crippen molar-refractivity contribution in [3.05, 3.63) is 28.2 Å². The number of benzene rings is 1. The third-order valence-electron chi connectivity index (χ3n) is 4.13. The van der Waals surface area contributed by atoms with E-state index < -0.39 is 0 Å². The smallest absolute Gasteiger partial charge is 0.123 e. The Kier molecular flexibility index (Phi) is 6.52. The molecule has 1 aromatic carbocycles. The molecule has 1 atom stereocenters. The predicted octanol–water partition coefficient (Wildman–Crippen LogP) is 3.81. The number of methoxy groups -OCH3 is 1. The second-order valence-electron chi connectivity index (χ2n) is 6.14. The molecule has 21 heavy (non-hydrogen) atoms. The molecule has 1 N–H and O–H groups in total. The van der Waals surface area contributed by atoms with Gasteiger partial charge < -0.3 is 10.1 Å². The van der Waals surface area contributed by atoms with Crippen LogP contribution in [-0.4, -0.2) is 37.2 Å². The molecule has 0 radical (unpaired) electrons. The van der Waals surface area contributed by atoms with Gasteiger partial charge in [-0.1, -0.05) is 36.2 Å². The molecule has 0 saturated carbocycles. The van der Waals surface area contributed by atoms with Gasteiger partial charge in [0.1, 0.15) is 5.75 Å². The third kappa shape index (κ3) is 4.97. The number of ether oxygens (including phenoxy) is 1. The summed E-state index contributed by atoms with van der Waals surface area (Å²) in [4.78, 5) is 2.60. The largest absolute Gasteiger partial charge is 0.496 e. The highest BCUT2D eigenvalue weighted by Gasteiger charge is 2.23. The van der Waals surface area contributed by atoms with Crippen molar-refractivity contribution in [2.24, 2.45) is 0 Å². The van der Waals surface area contributed by atoms with E-state index in [1.54, 1.807) is 7.11 Å². The summed E-state index contributed by atoms with van der Waals surface area (Å²) in [6.07, 6.45) is 3.93. The fourth-order valence-electron chi connectivity index (χ4n) is 2.96. The van der Waals surface area contributed by atoms with Crippen molar-refractivity contribution in [1.29, 1.82) is 0 Å². The fourth-order valence-corrected chi connectivity index (χ4v) is 3.37. The van der Waals surface area contributed by atoms with E-state index in [1.165, 1.54) is 31.4 Å². The fraction of sp³-hybridized carbons (Fsp3) is 0.647. The first-order valence-corrected chi connectivity index (χ1v) is 8.69. The molecule has 1 aliphatic rings. The summed E-state index contributed by atoms with van der Waals surface area (Å²) in [6.45, 7) is 7.65. The maximum absolute atomic E-state index is 5.51. The molecule has 1 heterocycles. The minimum absolute atomic E-state index is 0.550. The van der Waals surface area contributed by atoms with Crippen LogP contribution in [0, 0.1) is 0 Å². The number of nitrogens with one attached hydrogen (secondary N) is 1. The number of piperidine rings is 1. The van der Waals surface area contributed by atoms with Gasteiger partial charge in [-0.25, -0.2) is 0 Å². The van der Waals surface area contributed by atoms with Crippen molar-refractivity contribution < 1.29 is 4.74 Å². The van der Waals surface area contributed by atoms with Crippen LogP contribution in [0.25, 0.3) is 0 Å². The molecular weight excluding hydrogens is 328 g/mol. The van der Waals surface area contributed by atoms with E-state index in [9.17, 15) is 0 Å². The second kappa shape index (κ2) is 8.16. The first kappa shape index (κ1) is 16.8. The lowest BCUT2D eigenvalue weighted by Gasteiger charge is -2.36. The average Bonchev–Trinajstić information content (AvgIpc) is 2.46. The molecule has 3 nitrogen and oxygen atoms in total. The molecule has 118 valence electrons. The quantitative estimate of drug-likeness (QED) is 0.840. The van der Waals surface area contributed by atoms with E-state index in [2.05, 4.69) is 46.1 Å². The lowest BCUT2D eigenvalue weighted by Crippen LogP contribution is -2.46. The molecule has 1 aromatic rings. The summed E-state index contributed by atoms with van der Waals surface area (Å²) in [7, 11) is 1.75. The van der Waals surface area contributed by atoms with Gasteiger partial charge in [0.2, 0.25) is 0 Å². The van der Waals surface area contributed by atoms with Gasteiger partial charge >= 0.3 is 0 Å². The van der Waals surface area contributed by atoms with Gasteiger partial charge in [-0.3, -0.25) is 4.90 Å². The number of hydrogen-bond donors (Lipinski definition) is 1. The van der Waals surface area contributed by atoms with Crippen LogP contribution in [0.4, 0.5) is 0 Å². The molecule has 1 aliphatic heterocycles. The van der Waals surface area contributed by atoms with E-state index in [4.69, 9.17) is 4.74 Å². The van der Waals surface area contributed by atoms with Gasteiger partial charge in [-0.05, 0) is 37.6 Å². The van der Waals surface area contributed by atoms with Gasteiger partial charge in [0.25, 0.3) is 0 Å². The van der Waals surface area contributed by atoms with Gasteiger partial charge in [0, 0.05) is 35.2 Å². The van der Waals surface area contributed by atoms with E-state index in [0.29, 0.717) is 12.1 Å². The van der Waals surface area contributed by atoms with Gasteiger partial charge in [0.05, 0.1) is 7.11 Å². The molecule has 1 unspecified atom stereocenters. The number of likely N-dealkylation sites (tertiary alicyclic amines) is 1. The Balaban J connectivity index is 2.06. The average molecular weight is 355 g/mol. The molecule has 1 fully saturated rings. The molecule has 1 saturated heterocycles. The van der Waals surface area contributed by atoms with Crippen LogP contribution in [0.2, 0.25) is 0 Å². The van der Waals surface area contributed by atoms with Gasteiger partial charge in [-0.15, -0.1) is 0 Å². The first-order chi connectivity index (χ1) is 10.1. The SMILES string of the molecule is COc1ccc(Br)cc1CN1CCCCC1CNC(C)C. The van der Waals surface area contributed by atoms with Crippen LogP contribution in [0.3, 0.4) is 0 Å². The lowest BCUT2D eigenvalue weighted by molar-refractivity contribution is 0.134. The summed E-state index contributed by atoms with van der Waals surface area (Å²) >= 11 is 3.57. The minimum atomic E-state index is 0.550. The van der Waals surface area contributed by atoms with Crippen LogP contribution < -0.4 is 10.1 Å². The highest BCUT2D eigenvalue weighted by molar-refractivity contribution is 9.10. The minimum Gasteiger partial charge on any atom is -0.496 e. The Morgan fingerprint density at radius 3 is 2.90 bits per heavy atom. The monoisotopic (exact) mass is 354 g/mol. The van der Waals surface area contributed by atoms with Crippen LogP contribution in [-0.2, 0) is 6.54 Å². The molecule has 4 heteroatoms. The zero-order valence-electron chi connectivity index (χ0n) is 13.4. The van der Waals surface area contributed by atoms with Crippen molar-refractivity contribution in [2.45, 2.75) is 51.7 Å². The summed E-state index contributed by atoms with van der Waals surface area (Å²) in [5.41, 5.74) is 1.27. The first-order valence-electron chi connectivity index (χ1n) is 7.90. The van der Waals surface area contributed by atoms with Crippen molar-refractivity contribution in [3.8, 4) is 5.75 Å². The van der Waals surface area contributed by atoms with Crippen molar-refractivity contribution in [3.63, 3.8) is 0 Å². The van der Waals surface area contributed by atoms with Crippen molar-refractivity contribution in [1.82, 2.24) is 10.2 Å². The topological polar surface area (TPSA) is 24.5 Å². The number of hydrogen-bond acceptors (Lipinski definition) is 3. The standard InChI is InChI=1S/C17H27BrN2O/c1-13(2)19-11-16-6-4-5-9-20(16)12-14-10-15(18)7-8-17(14)21-3/h7-8,10,13,16,19H,4-6,9,11-12H2,1-3H3. The van der Waals surface area contributed by atoms with Gasteiger partial charge in [-0.2, -0.15) is 0 Å². The summed E-state index contributed by atoms with van der Waals surface area (Å²) in [5, 5.41) is 3.59. The highest BCUT2D eigenvalue weighted by atomic mass is 79.9. The number of nitrogens with zero attached hydrogens (tertiary/aromatic N) is 1. The Morgan fingerprint density at radius 2 is 2.19 bits per heavy atom. The zero-order valence-corrected chi connectivity index (χ0v) is 14.9. The molecule has 2 rings (SSSR count). The number of rotatable bonds is 6. The van der Waals surface area contributed by atoms with E-state index >= 15 is 0 Å². The van der Waals surface area contributed by atoms with E-state index in [0.717, 1.165) is 23.3 Å². The maximum Gasteiger partial charge on any atom is 0.123 e. The Hall–Kier alpha value is -0.580. The lowest BCUT2D eigenvalue weighted by atomic mass is 10.0. The Labute approximate surface area is 137 Å². The Morgan fingerprint density at radius 1 is 1.38 bits per heavy atom. The van der Waals surface area contributed by atoms with Gasteiger partial charge in [0.15, 0.2) is 0 Å². The molecule has 0 spiro atoms. The normalized spacial score (nSPS) is 20.0. The summed E-state index contributed by atoms with van der Waals surface area (Å²) < 4.78 is 6.63. The van der Waals surface area contributed by atoms with Crippen molar-refractivity contribution in [2.75, 3.05) is 20.2 Å². The maximum atomic E-state index is 5.51. The second-order valence-corrected chi connectivity index (χ2v) is 7.05. The molecule has 0 aliphatic carbocycles. The third-order valence-corrected chi connectivity index (χ3v) is 4.62.